The Kier molecular flexibility index (Phi) is 2.71. The van der Waals surface area contributed by atoms with Gasteiger partial charge in [0.15, 0.2) is 0 Å². The average Bonchev–Trinajstić information content (AvgIpc) is 2.31. The molecule has 0 amide bonds. The van der Waals surface area contributed by atoms with Gasteiger partial charge in [-0.2, -0.15) is 0 Å². The Morgan fingerprint density at radius 1 is 1.27 bits per heavy atom. The molecule has 0 aromatic heterocycles. The summed E-state index contributed by atoms with van der Waals surface area (Å²) in [6, 6.07) is 9.94. The van der Waals surface area contributed by atoms with Crippen LogP contribution in [-0.2, 0) is 0 Å². The lowest BCUT2D eigenvalue weighted by molar-refractivity contribution is 0.0757. The minimum Gasteiger partial charge on any atom is -0.371 e. The van der Waals surface area contributed by atoms with E-state index in [1.54, 1.807) is 7.05 Å². The van der Waals surface area contributed by atoms with Gasteiger partial charge in [0, 0.05) is 12.0 Å². The Morgan fingerprint density at radius 2 is 2.00 bits per heavy atom. The summed E-state index contributed by atoms with van der Waals surface area (Å²) in [7, 11) is 1.77. The lowest BCUT2D eigenvalue weighted by atomic mass is 9.89. The zero-order valence-electron chi connectivity index (χ0n) is 8.77. The number of benzene rings is 1. The maximum atomic E-state index is 10.4. The van der Waals surface area contributed by atoms with Crippen LogP contribution in [0.1, 0.15) is 12.0 Å². The molecule has 0 radical (unpaired) electrons. The number of likely N-dealkylation sites (N-methyl/N-ethyl adjacent to an activating group) is 1. The van der Waals surface area contributed by atoms with Crippen molar-refractivity contribution in [1.82, 2.24) is 5.32 Å². The number of rotatable bonds is 2. The summed E-state index contributed by atoms with van der Waals surface area (Å²) in [6.45, 7) is 0. The predicted molar refractivity (Wildman–Crippen MR) is 62.2 cm³/mol. The quantitative estimate of drug-likeness (QED) is 0.717. The molecule has 1 unspecified atom stereocenters. The van der Waals surface area contributed by atoms with E-state index in [1.807, 2.05) is 48.6 Å². The Bertz CT molecular complexity index is 394. The molecule has 1 atom stereocenters. The van der Waals surface area contributed by atoms with Gasteiger partial charge in [-0.05, 0) is 12.6 Å². The molecule has 2 N–H and O–H groups in total. The van der Waals surface area contributed by atoms with E-state index in [9.17, 15) is 5.11 Å². The van der Waals surface area contributed by atoms with Crippen LogP contribution < -0.4 is 5.32 Å². The van der Waals surface area contributed by atoms with E-state index in [2.05, 4.69) is 5.32 Å². The molecule has 1 aliphatic rings. The smallest absolute Gasteiger partial charge is 0.145 e. The fourth-order valence-corrected chi connectivity index (χ4v) is 1.84. The van der Waals surface area contributed by atoms with Crippen molar-refractivity contribution in [2.75, 3.05) is 7.05 Å². The first-order valence-corrected chi connectivity index (χ1v) is 5.10. The standard InChI is InChI=1S/C13H15NO/c1-14-13(15)10-6-5-9-12(13)11-7-3-2-4-8-11/h2-9,14-15H,10H2,1H3. The second-order valence-corrected chi connectivity index (χ2v) is 3.69. The van der Waals surface area contributed by atoms with Gasteiger partial charge < -0.3 is 5.11 Å². The van der Waals surface area contributed by atoms with E-state index < -0.39 is 5.72 Å². The monoisotopic (exact) mass is 201 g/mol. The van der Waals surface area contributed by atoms with Crippen molar-refractivity contribution in [3.8, 4) is 0 Å². The molecule has 1 aromatic carbocycles. The van der Waals surface area contributed by atoms with Crippen molar-refractivity contribution in [3.63, 3.8) is 0 Å². The fraction of sp³-hybridized carbons (Fsp3) is 0.231. The van der Waals surface area contributed by atoms with Gasteiger partial charge in [0.2, 0.25) is 0 Å². The first kappa shape index (κ1) is 10.1. The minimum absolute atomic E-state index is 0.601. The maximum Gasteiger partial charge on any atom is 0.145 e. The van der Waals surface area contributed by atoms with Crippen molar-refractivity contribution in [2.24, 2.45) is 0 Å². The SMILES string of the molecule is CNC1(O)CC=CC=C1c1ccccc1. The van der Waals surface area contributed by atoms with Crippen LogP contribution in [0.4, 0.5) is 0 Å². The molecule has 0 saturated carbocycles. The number of aliphatic hydroxyl groups is 1. The van der Waals surface area contributed by atoms with Gasteiger partial charge in [-0.25, -0.2) is 0 Å². The molecule has 0 heterocycles. The highest BCUT2D eigenvalue weighted by atomic mass is 16.3. The summed E-state index contributed by atoms with van der Waals surface area (Å²) in [5.41, 5.74) is 1.04. The van der Waals surface area contributed by atoms with E-state index in [-0.39, 0.29) is 0 Å². The first-order chi connectivity index (χ1) is 7.26. The molecule has 0 bridgehead atoms. The predicted octanol–water partition coefficient (Wildman–Crippen LogP) is 1.94. The van der Waals surface area contributed by atoms with Gasteiger partial charge >= 0.3 is 0 Å². The summed E-state index contributed by atoms with van der Waals surface area (Å²) < 4.78 is 0. The van der Waals surface area contributed by atoms with Crippen LogP contribution in [0, 0.1) is 0 Å². The number of nitrogens with one attached hydrogen (secondary N) is 1. The molecule has 0 saturated heterocycles. The van der Waals surface area contributed by atoms with Crippen molar-refractivity contribution in [3.05, 3.63) is 54.1 Å². The van der Waals surface area contributed by atoms with E-state index in [4.69, 9.17) is 0 Å². The van der Waals surface area contributed by atoms with Crippen LogP contribution in [0.2, 0.25) is 0 Å². The van der Waals surface area contributed by atoms with Crippen molar-refractivity contribution >= 4 is 5.57 Å². The number of hydrogen-bond donors (Lipinski definition) is 2. The summed E-state index contributed by atoms with van der Waals surface area (Å²) >= 11 is 0. The van der Waals surface area contributed by atoms with E-state index in [1.165, 1.54) is 0 Å². The number of allylic oxidation sites excluding steroid dienone is 2. The summed E-state index contributed by atoms with van der Waals surface area (Å²) in [5, 5.41) is 13.3. The molecule has 0 aliphatic heterocycles. The van der Waals surface area contributed by atoms with Crippen LogP contribution in [0.5, 0.6) is 0 Å². The van der Waals surface area contributed by atoms with E-state index >= 15 is 0 Å². The van der Waals surface area contributed by atoms with Crippen molar-refractivity contribution in [1.29, 1.82) is 0 Å². The zero-order valence-corrected chi connectivity index (χ0v) is 8.77. The topological polar surface area (TPSA) is 32.3 Å². The average molecular weight is 201 g/mol. The van der Waals surface area contributed by atoms with Crippen LogP contribution in [-0.4, -0.2) is 17.9 Å². The Labute approximate surface area is 89.9 Å². The van der Waals surface area contributed by atoms with Gasteiger partial charge in [-0.3, -0.25) is 5.32 Å². The molecule has 2 heteroatoms. The molecular weight excluding hydrogens is 186 g/mol. The van der Waals surface area contributed by atoms with Crippen LogP contribution in [0.3, 0.4) is 0 Å². The van der Waals surface area contributed by atoms with Crippen LogP contribution in [0.15, 0.2) is 48.6 Å². The Morgan fingerprint density at radius 3 is 2.67 bits per heavy atom. The lowest BCUT2D eigenvalue weighted by Gasteiger charge is -2.31. The molecule has 0 fully saturated rings. The third kappa shape index (κ3) is 1.87. The minimum atomic E-state index is -0.934. The highest BCUT2D eigenvalue weighted by Crippen LogP contribution is 2.30. The normalized spacial score (nSPS) is 25.1. The third-order valence-corrected chi connectivity index (χ3v) is 2.76. The van der Waals surface area contributed by atoms with E-state index in [0.717, 1.165) is 11.1 Å². The van der Waals surface area contributed by atoms with Gasteiger partial charge in [-0.1, -0.05) is 48.6 Å². The maximum absolute atomic E-state index is 10.4. The number of hydrogen-bond acceptors (Lipinski definition) is 2. The summed E-state index contributed by atoms with van der Waals surface area (Å²) in [4.78, 5) is 0. The zero-order chi connectivity index (χ0) is 10.7. The largest absolute Gasteiger partial charge is 0.371 e. The lowest BCUT2D eigenvalue weighted by Crippen LogP contribution is -2.44. The van der Waals surface area contributed by atoms with Gasteiger partial charge in [-0.15, -0.1) is 0 Å². The highest BCUT2D eigenvalue weighted by molar-refractivity contribution is 5.74. The van der Waals surface area contributed by atoms with E-state index in [0.29, 0.717) is 6.42 Å². The van der Waals surface area contributed by atoms with Gasteiger partial charge in [0.1, 0.15) is 5.72 Å². The second-order valence-electron chi connectivity index (χ2n) is 3.69. The van der Waals surface area contributed by atoms with Crippen LogP contribution >= 0.6 is 0 Å². The molecule has 2 nitrogen and oxygen atoms in total. The molecule has 1 aliphatic carbocycles. The fourth-order valence-electron chi connectivity index (χ4n) is 1.84. The van der Waals surface area contributed by atoms with Gasteiger partial charge in [0.05, 0.1) is 0 Å². The molecule has 78 valence electrons. The molecule has 0 spiro atoms. The Hall–Kier alpha value is -1.38. The van der Waals surface area contributed by atoms with Crippen molar-refractivity contribution in [2.45, 2.75) is 12.1 Å². The second kappa shape index (κ2) is 4.01. The third-order valence-electron chi connectivity index (χ3n) is 2.76. The molecular formula is C13H15NO. The van der Waals surface area contributed by atoms with Crippen LogP contribution in [0.25, 0.3) is 5.57 Å². The molecule has 15 heavy (non-hydrogen) atoms. The Balaban J connectivity index is 2.42. The summed E-state index contributed by atoms with van der Waals surface area (Å²) in [6.07, 6.45) is 6.50. The molecule has 1 aromatic rings. The van der Waals surface area contributed by atoms with Crippen molar-refractivity contribution < 1.29 is 5.11 Å². The van der Waals surface area contributed by atoms with Gasteiger partial charge in [0.25, 0.3) is 0 Å². The molecule has 2 rings (SSSR count). The summed E-state index contributed by atoms with van der Waals surface area (Å²) in [5.74, 6) is 0. The first-order valence-electron chi connectivity index (χ1n) is 5.10. The highest BCUT2D eigenvalue weighted by Gasteiger charge is 2.30.